The van der Waals surface area contributed by atoms with Gasteiger partial charge in [0.1, 0.15) is 12.4 Å². The number of hydrogen-bond acceptors (Lipinski definition) is 4. The number of rotatable bonds is 7. The molecule has 0 atom stereocenters. The first kappa shape index (κ1) is 22.9. The van der Waals surface area contributed by atoms with Crippen LogP contribution in [0.3, 0.4) is 0 Å². The van der Waals surface area contributed by atoms with Gasteiger partial charge in [-0.05, 0) is 100.0 Å². The van der Waals surface area contributed by atoms with Gasteiger partial charge in [0.15, 0.2) is 0 Å². The van der Waals surface area contributed by atoms with E-state index in [4.69, 9.17) is 4.74 Å². The number of benzene rings is 2. The summed E-state index contributed by atoms with van der Waals surface area (Å²) in [7, 11) is 0. The van der Waals surface area contributed by atoms with Crippen LogP contribution in [0.25, 0.3) is 10.9 Å². The van der Waals surface area contributed by atoms with Crippen LogP contribution in [-0.2, 0) is 6.42 Å². The predicted molar refractivity (Wildman–Crippen MR) is 136 cm³/mol. The van der Waals surface area contributed by atoms with E-state index in [2.05, 4.69) is 34.1 Å². The lowest BCUT2D eigenvalue weighted by Crippen LogP contribution is -2.37. The second-order valence-electron chi connectivity index (χ2n) is 9.81. The molecule has 0 aliphatic carbocycles. The standard InChI is InChI=1S/C29H35N3O2/c1-22-10-11-26-27(30-22)8-5-9-28(26)34-19-18-31-16-12-23(13-17-31)20-24-6-4-7-25(21-24)29(33)32-14-2-3-15-32/h4-11,21,23H,2-3,12-20H2,1H3. The van der Waals surface area contributed by atoms with E-state index < -0.39 is 0 Å². The lowest BCUT2D eigenvalue weighted by molar-refractivity contribution is 0.0792. The van der Waals surface area contributed by atoms with Gasteiger partial charge in [-0.25, -0.2) is 0 Å². The van der Waals surface area contributed by atoms with E-state index in [1.165, 1.54) is 18.4 Å². The van der Waals surface area contributed by atoms with Gasteiger partial charge in [0.2, 0.25) is 0 Å². The van der Waals surface area contributed by atoms with Gasteiger partial charge in [-0.1, -0.05) is 18.2 Å². The van der Waals surface area contributed by atoms with Crippen molar-refractivity contribution in [3.63, 3.8) is 0 Å². The molecular formula is C29H35N3O2. The first-order valence-corrected chi connectivity index (χ1v) is 12.8. The Morgan fingerprint density at radius 3 is 2.62 bits per heavy atom. The second kappa shape index (κ2) is 10.6. The third-order valence-corrected chi connectivity index (χ3v) is 7.29. The van der Waals surface area contributed by atoms with E-state index in [1.807, 2.05) is 42.2 Å². The average molecular weight is 458 g/mol. The van der Waals surface area contributed by atoms with Crippen LogP contribution < -0.4 is 4.74 Å². The Balaban J connectivity index is 1.09. The molecule has 0 radical (unpaired) electrons. The minimum absolute atomic E-state index is 0.200. The highest BCUT2D eigenvalue weighted by atomic mass is 16.5. The molecule has 0 N–H and O–H groups in total. The Morgan fingerprint density at radius 2 is 1.79 bits per heavy atom. The fraction of sp³-hybridized carbons (Fsp3) is 0.448. The second-order valence-corrected chi connectivity index (χ2v) is 9.81. The number of amides is 1. The Morgan fingerprint density at radius 1 is 1.00 bits per heavy atom. The molecule has 5 nitrogen and oxygen atoms in total. The van der Waals surface area contributed by atoms with E-state index in [-0.39, 0.29) is 5.91 Å². The summed E-state index contributed by atoms with van der Waals surface area (Å²) in [5, 5.41) is 1.08. The van der Waals surface area contributed by atoms with E-state index in [0.717, 1.165) is 79.9 Å². The van der Waals surface area contributed by atoms with Crippen LogP contribution in [0.4, 0.5) is 0 Å². The molecule has 2 aliphatic rings. The summed E-state index contributed by atoms with van der Waals surface area (Å²) in [4.78, 5) is 21.8. The maximum Gasteiger partial charge on any atom is 0.253 e. The van der Waals surface area contributed by atoms with Crippen LogP contribution in [0.1, 0.15) is 47.3 Å². The number of pyridine rings is 1. The van der Waals surface area contributed by atoms with Crippen molar-refractivity contribution >= 4 is 16.8 Å². The van der Waals surface area contributed by atoms with Crippen LogP contribution in [0.5, 0.6) is 5.75 Å². The summed E-state index contributed by atoms with van der Waals surface area (Å²) in [5.74, 6) is 1.80. The van der Waals surface area contributed by atoms with E-state index in [9.17, 15) is 4.79 Å². The van der Waals surface area contributed by atoms with Crippen molar-refractivity contribution < 1.29 is 9.53 Å². The van der Waals surface area contributed by atoms with Gasteiger partial charge < -0.3 is 9.64 Å². The van der Waals surface area contributed by atoms with Crippen LogP contribution in [-0.4, -0.2) is 60.0 Å². The van der Waals surface area contributed by atoms with Gasteiger partial charge in [0.05, 0.1) is 5.52 Å². The van der Waals surface area contributed by atoms with Crippen molar-refractivity contribution in [2.75, 3.05) is 39.3 Å². The maximum atomic E-state index is 12.7. The Hall–Kier alpha value is -2.92. The number of carbonyl (C=O) groups is 1. The molecule has 3 heterocycles. The van der Waals surface area contributed by atoms with Gasteiger partial charge in [-0.3, -0.25) is 14.7 Å². The number of piperidine rings is 1. The zero-order valence-electron chi connectivity index (χ0n) is 20.2. The SMILES string of the molecule is Cc1ccc2c(OCCN3CCC(Cc4cccc(C(=O)N5CCCC5)c4)CC3)cccc2n1. The van der Waals surface area contributed by atoms with Crippen LogP contribution in [0.2, 0.25) is 0 Å². The van der Waals surface area contributed by atoms with Crippen LogP contribution >= 0.6 is 0 Å². The maximum absolute atomic E-state index is 12.7. The first-order chi connectivity index (χ1) is 16.7. The van der Waals surface area contributed by atoms with Crippen molar-refractivity contribution in [1.29, 1.82) is 0 Å². The predicted octanol–water partition coefficient (Wildman–Crippen LogP) is 5.11. The molecule has 2 saturated heterocycles. The molecule has 2 fully saturated rings. The topological polar surface area (TPSA) is 45.7 Å². The normalized spacial score (nSPS) is 17.4. The summed E-state index contributed by atoms with van der Waals surface area (Å²) in [6.07, 6.45) is 5.72. The number of aryl methyl sites for hydroxylation is 1. The summed E-state index contributed by atoms with van der Waals surface area (Å²) >= 11 is 0. The largest absolute Gasteiger partial charge is 0.492 e. The van der Waals surface area contributed by atoms with Gasteiger partial charge in [0.25, 0.3) is 5.91 Å². The minimum Gasteiger partial charge on any atom is -0.492 e. The molecule has 0 unspecified atom stereocenters. The highest BCUT2D eigenvalue weighted by molar-refractivity contribution is 5.94. The number of nitrogens with zero attached hydrogens (tertiary/aromatic N) is 3. The number of hydrogen-bond donors (Lipinski definition) is 0. The molecule has 5 rings (SSSR count). The zero-order valence-corrected chi connectivity index (χ0v) is 20.2. The molecule has 2 aliphatic heterocycles. The van der Waals surface area contributed by atoms with Gasteiger partial charge in [-0.2, -0.15) is 0 Å². The summed E-state index contributed by atoms with van der Waals surface area (Å²) in [6, 6.07) is 18.6. The first-order valence-electron chi connectivity index (χ1n) is 12.8. The third-order valence-electron chi connectivity index (χ3n) is 7.29. The van der Waals surface area contributed by atoms with Crippen molar-refractivity contribution in [3.8, 4) is 5.75 Å². The van der Waals surface area contributed by atoms with Crippen molar-refractivity contribution in [3.05, 3.63) is 71.4 Å². The molecule has 1 aromatic heterocycles. The fourth-order valence-corrected chi connectivity index (χ4v) is 5.32. The molecular weight excluding hydrogens is 422 g/mol. The number of aromatic nitrogens is 1. The molecule has 0 bridgehead atoms. The highest BCUT2D eigenvalue weighted by Crippen LogP contribution is 2.26. The number of likely N-dealkylation sites (tertiary alicyclic amines) is 2. The van der Waals surface area contributed by atoms with Gasteiger partial charge in [-0.15, -0.1) is 0 Å². The molecule has 2 aromatic carbocycles. The van der Waals surface area contributed by atoms with Crippen LogP contribution in [0, 0.1) is 12.8 Å². The highest BCUT2D eigenvalue weighted by Gasteiger charge is 2.22. The molecule has 3 aromatic rings. The lowest BCUT2D eigenvalue weighted by atomic mass is 9.89. The van der Waals surface area contributed by atoms with Gasteiger partial charge in [0, 0.05) is 36.3 Å². The molecule has 0 spiro atoms. The Bertz CT molecular complexity index is 1130. The van der Waals surface area contributed by atoms with Crippen molar-refractivity contribution in [2.24, 2.45) is 5.92 Å². The molecule has 5 heteroatoms. The van der Waals surface area contributed by atoms with E-state index >= 15 is 0 Å². The van der Waals surface area contributed by atoms with E-state index in [0.29, 0.717) is 12.5 Å². The third kappa shape index (κ3) is 5.41. The Kier molecular flexibility index (Phi) is 7.10. The van der Waals surface area contributed by atoms with Crippen molar-refractivity contribution in [1.82, 2.24) is 14.8 Å². The minimum atomic E-state index is 0.200. The fourth-order valence-electron chi connectivity index (χ4n) is 5.32. The van der Waals surface area contributed by atoms with Crippen molar-refractivity contribution in [2.45, 2.75) is 39.0 Å². The van der Waals surface area contributed by atoms with Gasteiger partial charge >= 0.3 is 0 Å². The number of fused-ring (bicyclic) bond motifs is 1. The molecule has 0 saturated carbocycles. The summed E-state index contributed by atoms with van der Waals surface area (Å²) < 4.78 is 6.14. The molecule has 178 valence electrons. The smallest absolute Gasteiger partial charge is 0.253 e. The van der Waals surface area contributed by atoms with E-state index in [1.54, 1.807) is 0 Å². The number of ether oxygens (including phenoxy) is 1. The van der Waals surface area contributed by atoms with Crippen LogP contribution in [0.15, 0.2) is 54.6 Å². The average Bonchev–Trinajstić information content (AvgIpc) is 3.40. The summed E-state index contributed by atoms with van der Waals surface area (Å²) in [5.41, 5.74) is 4.17. The quantitative estimate of drug-likeness (QED) is 0.494. The molecule has 34 heavy (non-hydrogen) atoms. The molecule has 1 amide bonds. The number of carbonyl (C=O) groups excluding carboxylic acids is 1. The lowest BCUT2D eigenvalue weighted by Gasteiger charge is -2.32. The monoisotopic (exact) mass is 457 g/mol. The Labute approximate surface area is 202 Å². The zero-order chi connectivity index (χ0) is 23.3. The summed E-state index contributed by atoms with van der Waals surface area (Å²) in [6.45, 7) is 7.68.